The Labute approximate surface area is 159 Å². The zero-order valence-electron chi connectivity index (χ0n) is 13.6. The Morgan fingerprint density at radius 1 is 1.12 bits per heavy atom. The number of hydrogen-bond donors (Lipinski definition) is 2. The van der Waals surface area contributed by atoms with Crippen LogP contribution in [0, 0.1) is 0 Å². The average Bonchev–Trinajstić information content (AvgIpc) is 3.08. The molecule has 0 saturated carbocycles. The summed E-state index contributed by atoms with van der Waals surface area (Å²) < 4.78 is 0. The lowest BCUT2D eigenvalue weighted by Gasteiger charge is -2.14. The van der Waals surface area contributed by atoms with Gasteiger partial charge in [-0.2, -0.15) is 0 Å². The van der Waals surface area contributed by atoms with Crippen molar-refractivity contribution in [2.45, 2.75) is 12.5 Å². The van der Waals surface area contributed by atoms with Crippen LogP contribution in [0.15, 0.2) is 60.0 Å². The van der Waals surface area contributed by atoms with Crippen LogP contribution < -0.4 is 5.32 Å². The van der Waals surface area contributed by atoms with Gasteiger partial charge in [-0.25, -0.2) is 9.78 Å². The lowest BCUT2D eigenvalue weighted by molar-refractivity contribution is -0.142. The van der Waals surface area contributed by atoms with Crippen LogP contribution in [0.1, 0.15) is 17.3 Å². The number of aliphatic carboxylic acids is 1. The van der Waals surface area contributed by atoms with E-state index < -0.39 is 17.9 Å². The summed E-state index contributed by atoms with van der Waals surface area (Å²) in [6, 6.07) is 14.8. The number of hydrogen-bond acceptors (Lipinski definition) is 4. The van der Waals surface area contributed by atoms with Crippen LogP contribution in [-0.4, -0.2) is 22.0 Å². The van der Waals surface area contributed by atoms with Crippen molar-refractivity contribution < 1.29 is 14.7 Å². The third kappa shape index (κ3) is 4.28. The van der Waals surface area contributed by atoms with Crippen LogP contribution in [0.2, 0.25) is 5.02 Å². The molecule has 2 aromatic carbocycles. The number of carboxylic acid groups (broad SMARTS) is 1. The van der Waals surface area contributed by atoms with Gasteiger partial charge in [0.15, 0.2) is 6.04 Å². The molecule has 26 heavy (non-hydrogen) atoms. The lowest BCUT2D eigenvalue weighted by Crippen LogP contribution is -2.34. The fourth-order valence-corrected chi connectivity index (χ4v) is 3.60. The van der Waals surface area contributed by atoms with Crippen LogP contribution in [0.3, 0.4) is 0 Å². The highest BCUT2D eigenvalue weighted by molar-refractivity contribution is 7.13. The third-order valence-electron chi connectivity index (χ3n) is 3.68. The van der Waals surface area contributed by atoms with E-state index in [0.29, 0.717) is 16.3 Å². The largest absolute Gasteiger partial charge is 0.479 e. The van der Waals surface area contributed by atoms with Gasteiger partial charge in [0.1, 0.15) is 5.01 Å². The van der Waals surface area contributed by atoms with E-state index in [-0.39, 0.29) is 6.42 Å². The smallest absolute Gasteiger partial charge is 0.330 e. The zero-order chi connectivity index (χ0) is 18.5. The average molecular weight is 387 g/mol. The molecule has 0 saturated heterocycles. The molecule has 2 N–H and O–H groups in total. The van der Waals surface area contributed by atoms with Gasteiger partial charge in [0.25, 0.3) is 0 Å². The zero-order valence-corrected chi connectivity index (χ0v) is 15.1. The molecular weight excluding hydrogens is 372 g/mol. The fraction of sp³-hybridized carbons (Fsp3) is 0.105. The summed E-state index contributed by atoms with van der Waals surface area (Å²) in [4.78, 5) is 28.2. The van der Waals surface area contributed by atoms with E-state index in [1.54, 1.807) is 41.8 Å². The molecule has 5 nitrogen and oxygen atoms in total. The van der Waals surface area contributed by atoms with Gasteiger partial charge in [-0.1, -0.05) is 60.1 Å². The number of aromatic nitrogens is 1. The molecule has 3 aromatic rings. The Kier molecular flexibility index (Phi) is 5.65. The van der Waals surface area contributed by atoms with Crippen LogP contribution in [0.25, 0.3) is 10.6 Å². The predicted molar refractivity (Wildman–Crippen MR) is 101 cm³/mol. The summed E-state index contributed by atoms with van der Waals surface area (Å²) in [5.74, 6) is -1.52. The van der Waals surface area contributed by atoms with Crippen molar-refractivity contribution in [3.8, 4) is 10.6 Å². The highest BCUT2D eigenvalue weighted by Gasteiger charge is 2.22. The van der Waals surface area contributed by atoms with Crippen molar-refractivity contribution in [2.24, 2.45) is 0 Å². The lowest BCUT2D eigenvalue weighted by atomic mass is 10.1. The van der Waals surface area contributed by atoms with E-state index in [9.17, 15) is 14.7 Å². The highest BCUT2D eigenvalue weighted by Crippen LogP contribution is 2.30. The molecule has 1 atom stereocenters. The number of carboxylic acids is 1. The van der Waals surface area contributed by atoms with Crippen LogP contribution in [0.4, 0.5) is 0 Å². The normalized spacial score (nSPS) is 11.7. The van der Waals surface area contributed by atoms with Gasteiger partial charge in [0.2, 0.25) is 5.91 Å². The topological polar surface area (TPSA) is 79.3 Å². The molecule has 0 aliphatic heterocycles. The fourth-order valence-electron chi connectivity index (χ4n) is 2.46. The summed E-state index contributed by atoms with van der Waals surface area (Å²) in [6.07, 6.45) is -0.00241. The van der Waals surface area contributed by atoms with E-state index in [4.69, 9.17) is 11.6 Å². The second-order valence-electron chi connectivity index (χ2n) is 5.55. The van der Waals surface area contributed by atoms with E-state index in [0.717, 1.165) is 10.6 Å². The Bertz CT molecular complexity index is 927. The Morgan fingerprint density at radius 2 is 1.81 bits per heavy atom. The Balaban J connectivity index is 1.70. The van der Waals surface area contributed by atoms with Crippen molar-refractivity contribution in [3.63, 3.8) is 0 Å². The summed E-state index contributed by atoms with van der Waals surface area (Å²) in [5, 5.41) is 15.0. The molecule has 0 bridgehead atoms. The van der Waals surface area contributed by atoms with Gasteiger partial charge >= 0.3 is 5.97 Å². The summed E-state index contributed by atoms with van der Waals surface area (Å²) in [6.45, 7) is 0. The molecule has 1 aromatic heterocycles. The molecule has 1 amide bonds. The van der Waals surface area contributed by atoms with Gasteiger partial charge in [0, 0.05) is 10.9 Å². The number of amides is 1. The first-order valence-electron chi connectivity index (χ1n) is 7.81. The second kappa shape index (κ2) is 8.12. The standard InChI is InChI=1S/C19H15ClN2O3S/c20-15-9-5-4-8-14(15)18-21-13(11-26-18)10-16(23)22-17(19(24)25)12-6-2-1-3-7-12/h1-9,11,17H,10H2,(H,22,23)(H,24,25)/t17-/m1/s1. The summed E-state index contributed by atoms with van der Waals surface area (Å²) >= 11 is 7.56. The maximum Gasteiger partial charge on any atom is 0.330 e. The van der Waals surface area contributed by atoms with E-state index in [1.807, 2.05) is 18.2 Å². The van der Waals surface area contributed by atoms with Gasteiger partial charge in [0.05, 0.1) is 17.1 Å². The van der Waals surface area contributed by atoms with Crippen LogP contribution in [-0.2, 0) is 16.0 Å². The Hall–Kier alpha value is -2.70. The number of halogens is 1. The SMILES string of the molecule is O=C(Cc1csc(-c2ccccc2Cl)n1)N[C@@H](C(=O)O)c1ccccc1. The van der Waals surface area contributed by atoms with Crippen molar-refractivity contribution in [3.05, 3.63) is 76.3 Å². The maximum atomic E-state index is 12.3. The van der Waals surface area contributed by atoms with Crippen molar-refractivity contribution in [1.82, 2.24) is 10.3 Å². The van der Waals surface area contributed by atoms with Gasteiger partial charge < -0.3 is 10.4 Å². The quantitative estimate of drug-likeness (QED) is 0.672. The molecule has 0 spiro atoms. The van der Waals surface area contributed by atoms with Crippen molar-refractivity contribution in [1.29, 1.82) is 0 Å². The molecule has 0 radical (unpaired) electrons. The van der Waals surface area contributed by atoms with Crippen LogP contribution in [0.5, 0.6) is 0 Å². The number of benzene rings is 2. The van der Waals surface area contributed by atoms with E-state index in [2.05, 4.69) is 10.3 Å². The summed E-state index contributed by atoms with van der Waals surface area (Å²) in [5.41, 5.74) is 1.89. The predicted octanol–water partition coefficient (Wildman–Crippen LogP) is 3.95. The van der Waals surface area contributed by atoms with Crippen molar-refractivity contribution in [2.75, 3.05) is 0 Å². The minimum atomic E-state index is -1.11. The molecule has 0 unspecified atom stereocenters. The first-order valence-corrected chi connectivity index (χ1v) is 9.07. The molecule has 3 rings (SSSR count). The van der Waals surface area contributed by atoms with Gasteiger partial charge in [-0.05, 0) is 11.6 Å². The molecule has 0 aliphatic rings. The first-order chi connectivity index (χ1) is 12.5. The molecule has 132 valence electrons. The van der Waals surface area contributed by atoms with E-state index in [1.165, 1.54) is 11.3 Å². The van der Waals surface area contributed by atoms with E-state index >= 15 is 0 Å². The van der Waals surface area contributed by atoms with Gasteiger partial charge in [-0.3, -0.25) is 4.79 Å². The number of carbonyl (C=O) groups is 2. The first kappa shape index (κ1) is 18.1. The van der Waals surface area contributed by atoms with Crippen molar-refractivity contribution >= 4 is 34.8 Å². The number of nitrogens with one attached hydrogen (secondary N) is 1. The Morgan fingerprint density at radius 3 is 2.50 bits per heavy atom. The number of nitrogens with zero attached hydrogens (tertiary/aromatic N) is 1. The molecule has 0 fully saturated rings. The van der Waals surface area contributed by atoms with Crippen LogP contribution >= 0.6 is 22.9 Å². The molecule has 1 heterocycles. The molecule has 7 heteroatoms. The number of rotatable bonds is 6. The molecular formula is C19H15ClN2O3S. The minimum absolute atomic E-state index is 0.00241. The van der Waals surface area contributed by atoms with Gasteiger partial charge in [-0.15, -0.1) is 11.3 Å². The number of thiazole rings is 1. The number of carbonyl (C=O) groups excluding carboxylic acids is 1. The highest BCUT2D eigenvalue weighted by atomic mass is 35.5. The second-order valence-corrected chi connectivity index (χ2v) is 6.82. The third-order valence-corrected chi connectivity index (χ3v) is 4.94. The maximum absolute atomic E-state index is 12.3. The summed E-state index contributed by atoms with van der Waals surface area (Å²) in [7, 11) is 0. The monoisotopic (exact) mass is 386 g/mol. The minimum Gasteiger partial charge on any atom is -0.479 e. The molecule has 0 aliphatic carbocycles.